The third-order valence-corrected chi connectivity index (χ3v) is 2.67. The Bertz CT molecular complexity index is 571. The summed E-state index contributed by atoms with van der Waals surface area (Å²) in [6.07, 6.45) is -2.75. The molecule has 0 N–H and O–H groups in total. The lowest BCUT2D eigenvalue weighted by molar-refractivity contribution is -0.136. The molecule has 1 rings (SSSR count). The topological polar surface area (TPSA) is 76.5 Å². The summed E-state index contributed by atoms with van der Waals surface area (Å²) >= 11 is 0. The molecule has 0 aliphatic carbocycles. The van der Waals surface area contributed by atoms with Crippen molar-refractivity contribution in [2.24, 2.45) is 5.11 Å². The summed E-state index contributed by atoms with van der Waals surface area (Å²) in [5, 5.41) is 2.71. The van der Waals surface area contributed by atoms with Gasteiger partial charge in [-0.05, 0) is 23.2 Å². The maximum atomic E-state index is 12.6. The third-order valence-electron chi connectivity index (χ3n) is 2.67. The molecule has 0 bridgehead atoms. The Labute approximate surface area is 124 Å². The highest BCUT2D eigenvalue weighted by molar-refractivity contribution is 5.62. The number of hydrogen-bond donors (Lipinski definition) is 0. The van der Waals surface area contributed by atoms with E-state index in [9.17, 15) is 13.2 Å². The first-order chi connectivity index (χ1) is 10.4. The maximum Gasteiger partial charge on any atom is 0.400 e. The molecule has 0 fully saturated rings. The summed E-state index contributed by atoms with van der Waals surface area (Å²) in [6, 6.07) is 0.694. The number of benzene rings is 1. The quantitative estimate of drug-likeness (QED) is 0.452. The van der Waals surface area contributed by atoms with Crippen molar-refractivity contribution in [3.8, 4) is 17.2 Å². The molecule has 0 heterocycles. The van der Waals surface area contributed by atoms with E-state index in [-0.39, 0.29) is 0 Å². The predicted molar refractivity (Wildman–Crippen MR) is 74.1 cm³/mol. The van der Waals surface area contributed by atoms with Crippen LogP contribution in [0.15, 0.2) is 23.3 Å². The van der Waals surface area contributed by atoms with Gasteiger partial charge >= 0.3 is 6.18 Å². The molecule has 0 radical (unpaired) electrons. The van der Waals surface area contributed by atoms with Gasteiger partial charge in [-0.15, -0.1) is 0 Å². The molecule has 0 saturated carbocycles. The van der Waals surface area contributed by atoms with Crippen LogP contribution < -0.4 is 14.2 Å². The van der Waals surface area contributed by atoms with E-state index in [2.05, 4.69) is 10.0 Å². The van der Waals surface area contributed by atoms with Crippen molar-refractivity contribution in [3.63, 3.8) is 0 Å². The average Bonchev–Trinajstić information content (AvgIpc) is 2.48. The normalized spacial score (nSPS) is 12.6. The Morgan fingerprint density at radius 3 is 2.05 bits per heavy atom. The van der Waals surface area contributed by atoms with Gasteiger partial charge in [0, 0.05) is 4.91 Å². The Balaban J connectivity index is 3.22. The van der Waals surface area contributed by atoms with Gasteiger partial charge in [0.2, 0.25) is 5.75 Å². The summed E-state index contributed by atoms with van der Waals surface area (Å²) < 4.78 is 53.2. The molecule has 0 unspecified atom stereocenters. The fourth-order valence-corrected chi connectivity index (χ4v) is 1.67. The second-order valence-electron chi connectivity index (χ2n) is 4.01. The first-order valence-electron chi connectivity index (χ1n) is 5.96. The van der Waals surface area contributed by atoms with Crippen LogP contribution in [-0.2, 0) is 0 Å². The van der Waals surface area contributed by atoms with Crippen LogP contribution in [0.1, 0.15) is 5.56 Å². The van der Waals surface area contributed by atoms with Gasteiger partial charge in [-0.1, -0.05) is 17.3 Å². The van der Waals surface area contributed by atoms with Crippen molar-refractivity contribution in [2.75, 3.05) is 21.3 Å². The molecular formula is C13H14F3N3O3. The number of ether oxygens (including phenoxy) is 3. The Hall–Kier alpha value is -2.54. The van der Waals surface area contributed by atoms with E-state index in [4.69, 9.17) is 19.7 Å². The molecule has 1 atom stereocenters. The number of hydrogen-bond acceptors (Lipinski definition) is 4. The van der Waals surface area contributed by atoms with E-state index in [1.54, 1.807) is 0 Å². The van der Waals surface area contributed by atoms with Crippen LogP contribution in [0.4, 0.5) is 13.2 Å². The number of nitrogens with zero attached hydrogens (tertiary/aromatic N) is 3. The minimum absolute atomic E-state index is 0.300. The lowest BCUT2D eigenvalue weighted by atomic mass is 10.1. The first kappa shape index (κ1) is 17.5. The predicted octanol–water partition coefficient (Wildman–Crippen LogP) is 3.97. The number of azide groups is 1. The summed E-state index contributed by atoms with van der Waals surface area (Å²) in [7, 11) is 4.20. The van der Waals surface area contributed by atoms with Gasteiger partial charge in [-0.2, -0.15) is 13.2 Å². The van der Waals surface area contributed by atoms with Crippen molar-refractivity contribution in [1.29, 1.82) is 0 Å². The monoisotopic (exact) mass is 317 g/mol. The number of halogens is 3. The molecule has 0 spiro atoms. The highest BCUT2D eigenvalue weighted by Crippen LogP contribution is 2.38. The average molecular weight is 317 g/mol. The Morgan fingerprint density at radius 2 is 1.68 bits per heavy atom. The van der Waals surface area contributed by atoms with Gasteiger partial charge in [0.05, 0.1) is 21.3 Å². The number of alkyl halides is 3. The molecule has 1 aromatic rings. The fraction of sp³-hybridized carbons (Fsp3) is 0.385. The molecule has 1 aromatic carbocycles. The largest absolute Gasteiger partial charge is 0.493 e. The standard InChI is InChI=1S/C13H14F3N3O3/c1-20-9-6-8(7-10(21-2)12(9)22-3)4-5-11(18-19-17)13(14,15)16/h4-7,11H,1-3H3/b5-4+/t11-/m0/s1. The highest BCUT2D eigenvalue weighted by Gasteiger charge is 2.37. The van der Waals surface area contributed by atoms with Gasteiger partial charge in [0.25, 0.3) is 0 Å². The molecule has 0 aromatic heterocycles. The zero-order valence-electron chi connectivity index (χ0n) is 12.1. The summed E-state index contributed by atoms with van der Waals surface area (Å²) in [4.78, 5) is 2.19. The second kappa shape index (κ2) is 7.46. The third kappa shape index (κ3) is 4.23. The molecule has 9 heteroatoms. The van der Waals surface area contributed by atoms with E-state index in [1.165, 1.54) is 33.5 Å². The molecular weight excluding hydrogens is 303 g/mol. The summed E-state index contributed by atoms with van der Waals surface area (Å²) in [5.41, 5.74) is 8.57. The fourth-order valence-electron chi connectivity index (χ4n) is 1.67. The van der Waals surface area contributed by atoms with Crippen LogP contribution in [0.3, 0.4) is 0 Å². The zero-order chi connectivity index (χ0) is 16.8. The van der Waals surface area contributed by atoms with Crippen molar-refractivity contribution in [1.82, 2.24) is 0 Å². The van der Waals surface area contributed by atoms with Crippen molar-refractivity contribution in [2.45, 2.75) is 12.2 Å². The Kier molecular flexibility index (Phi) is 5.94. The van der Waals surface area contributed by atoms with Crippen LogP contribution in [0.2, 0.25) is 0 Å². The SMILES string of the molecule is COc1cc(/C=C/[C@H](N=[N+]=[N-])C(F)(F)F)cc(OC)c1OC. The van der Waals surface area contributed by atoms with Gasteiger partial charge in [-0.3, -0.25) is 0 Å². The Morgan fingerprint density at radius 1 is 1.14 bits per heavy atom. The van der Waals surface area contributed by atoms with Crippen molar-refractivity contribution >= 4 is 6.08 Å². The van der Waals surface area contributed by atoms with E-state index in [1.807, 2.05) is 0 Å². The van der Waals surface area contributed by atoms with Crippen LogP contribution in [0, 0.1) is 0 Å². The molecule has 0 amide bonds. The zero-order valence-corrected chi connectivity index (χ0v) is 12.1. The van der Waals surface area contributed by atoms with E-state index in [0.29, 0.717) is 22.8 Å². The van der Waals surface area contributed by atoms with Crippen LogP contribution >= 0.6 is 0 Å². The lowest BCUT2D eigenvalue weighted by Gasteiger charge is -2.13. The van der Waals surface area contributed by atoms with Gasteiger partial charge in [0.1, 0.15) is 0 Å². The van der Waals surface area contributed by atoms with Crippen molar-refractivity contribution < 1.29 is 27.4 Å². The van der Waals surface area contributed by atoms with Crippen LogP contribution in [0.25, 0.3) is 16.5 Å². The van der Waals surface area contributed by atoms with Crippen LogP contribution in [-0.4, -0.2) is 33.5 Å². The number of rotatable bonds is 6. The molecule has 22 heavy (non-hydrogen) atoms. The van der Waals surface area contributed by atoms with Gasteiger partial charge < -0.3 is 14.2 Å². The summed E-state index contributed by atoms with van der Waals surface area (Å²) in [6.45, 7) is 0. The molecule has 0 saturated heterocycles. The molecule has 0 aliphatic rings. The van der Waals surface area contributed by atoms with Crippen molar-refractivity contribution in [3.05, 3.63) is 34.2 Å². The molecule has 6 nitrogen and oxygen atoms in total. The second-order valence-corrected chi connectivity index (χ2v) is 4.01. The first-order valence-corrected chi connectivity index (χ1v) is 5.96. The smallest absolute Gasteiger partial charge is 0.400 e. The minimum atomic E-state index is -4.66. The number of methoxy groups -OCH3 is 3. The van der Waals surface area contributed by atoms with E-state index < -0.39 is 12.2 Å². The molecule has 0 aliphatic heterocycles. The van der Waals surface area contributed by atoms with Crippen LogP contribution in [0.5, 0.6) is 17.2 Å². The lowest BCUT2D eigenvalue weighted by Crippen LogP contribution is -2.24. The van der Waals surface area contributed by atoms with E-state index in [0.717, 1.165) is 12.2 Å². The molecule has 120 valence electrons. The van der Waals surface area contributed by atoms with Gasteiger partial charge in [-0.25, -0.2) is 0 Å². The highest BCUT2D eigenvalue weighted by atomic mass is 19.4. The minimum Gasteiger partial charge on any atom is -0.493 e. The summed E-state index contributed by atoms with van der Waals surface area (Å²) in [5.74, 6) is 0.923. The van der Waals surface area contributed by atoms with E-state index >= 15 is 0 Å². The van der Waals surface area contributed by atoms with Gasteiger partial charge in [0.15, 0.2) is 17.5 Å². The maximum absolute atomic E-state index is 12.6.